The molecule has 5 aromatic rings. The Morgan fingerprint density at radius 3 is 2.26 bits per heavy atom. The minimum Gasteiger partial charge on any atom is -0.497 e. The maximum atomic E-state index is 13.7. The molecule has 0 spiro atoms. The number of hydrogen-bond acceptors (Lipinski definition) is 7. The number of ether oxygens (including phenoxy) is 1. The van der Waals surface area contributed by atoms with Gasteiger partial charge in [0, 0.05) is 38.3 Å². The Balaban J connectivity index is 1.36. The highest BCUT2D eigenvalue weighted by Gasteiger charge is 2.24. The fourth-order valence-corrected chi connectivity index (χ4v) is 4.83. The van der Waals surface area contributed by atoms with Gasteiger partial charge in [-0.1, -0.05) is 30.3 Å². The summed E-state index contributed by atoms with van der Waals surface area (Å²) < 4.78 is 20.7. The van der Waals surface area contributed by atoms with Gasteiger partial charge in [-0.3, -0.25) is 4.90 Å². The lowest BCUT2D eigenvalue weighted by molar-refractivity contribution is 0.249. The maximum Gasteiger partial charge on any atom is 0.228 e. The van der Waals surface area contributed by atoms with Gasteiger partial charge in [0.25, 0.3) is 0 Å². The normalized spacial score (nSPS) is 14.2. The zero-order chi connectivity index (χ0) is 26.1. The third-order valence-electron chi connectivity index (χ3n) is 6.90. The monoisotopic (exact) mass is 509 g/mol. The molecule has 0 amide bonds. The van der Waals surface area contributed by atoms with Crippen LogP contribution >= 0.6 is 0 Å². The van der Waals surface area contributed by atoms with Gasteiger partial charge in [-0.25, -0.2) is 14.1 Å². The Morgan fingerprint density at radius 2 is 1.58 bits per heavy atom. The zero-order valence-electron chi connectivity index (χ0n) is 21.1. The zero-order valence-corrected chi connectivity index (χ0v) is 21.1. The van der Waals surface area contributed by atoms with Crippen molar-refractivity contribution in [2.45, 2.75) is 6.54 Å². The average Bonchev–Trinajstić information content (AvgIpc) is 3.30. The second-order valence-corrected chi connectivity index (χ2v) is 9.32. The highest BCUT2D eigenvalue weighted by atomic mass is 19.1. The number of aromatic nitrogens is 4. The standard InChI is InChI=1S/C29H28FN7O/c1-38-24-13-11-23(12-14-24)37-27(31)25-26(21-7-9-22(30)10-8-21)32-29(33-28(25)34-37)36-17-15-35(16-18-36)19-20-5-3-2-4-6-20/h2-14H,15-19,31H2,1H3. The van der Waals surface area contributed by atoms with Crippen molar-refractivity contribution in [1.29, 1.82) is 0 Å². The van der Waals surface area contributed by atoms with E-state index in [4.69, 9.17) is 25.5 Å². The fourth-order valence-electron chi connectivity index (χ4n) is 4.83. The molecule has 2 aromatic heterocycles. The minimum atomic E-state index is -0.310. The van der Waals surface area contributed by atoms with Crippen LogP contribution in [-0.2, 0) is 6.54 Å². The Hall–Kier alpha value is -4.50. The Kier molecular flexibility index (Phi) is 6.35. The number of nitrogens with zero attached hydrogens (tertiary/aromatic N) is 6. The number of anilines is 2. The van der Waals surface area contributed by atoms with Gasteiger partial charge in [0.2, 0.25) is 5.95 Å². The topological polar surface area (TPSA) is 85.3 Å². The fraction of sp³-hybridized carbons (Fsp3) is 0.207. The van der Waals surface area contributed by atoms with Crippen LogP contribution < -0.4 is 15.4 Å². The lowest BCUT2D eigenvalue weighted by atomic mass is 10.1. The first kappa shape index (κ1) is 23.9. The van der Waals surface area contributed by atoms with Gasteiger partial charge in [0.1, 0.15) is 17.4 Å². The van der Waals surface area contributed by atoms with E-state index < -0.39 is 0 Å². The molecule has 1 aliphatic rings. The largest absolute Gasteiger partial charge is 0.497 e. The molecule has 0 bridgehead atoms. The van der Waals surface area contributed by atoms with Gasteiger partial charge in [0.05, 0.1) is 23.9 Å². The van der Waals surface area contributed by atoms with E-state index in [1.807, 2.05) is 30.3 Å². The van der Waals surface area contributed by atoms with E-state index in [0.717, 1.165) is 49.7 Å². The summed E-state index contributed by atoms with van der Waals surface area (Å²) in [6.07, 6.45) is 0. The molecule has 3 heterocycles. The summed E-state index contributed by atoms with van der Waals surface area (Å²) in [6, 6.07) is 24.3. The third kappa shape index (κ3) is 4.64. The molecule has 192 valence electrons. The Labute approximate surface area is 220 Å². The van der Waals surface area contributed by atoms with Crippen molar-refractivity contribution in [2.24, 2.45) is 0 Å². The van der Waals surface area contributed by atoms with Crippen molar-refractivity contribution >= 4 is 22.8 Å². The molecule has 3 aromatic carbocycles. The summed E-state index contributed by atoms with van der Waals surface area (Å²) >= 11 is 0. The Bertz CT molecular complexity index is 1540. The van der Waals surface area contributed by atoms with E-state index >= 15 is 0 Å². The molecular formula is C29H28FN7O. The van der Waals surface area contributed by atoms with Crippen molar-refractivity contribution < 1.29 is 9.13 Å². The molecule has 8 nitrogen and oxygen atoms in total. The number of halogens is 1. The number of hydrogen-bond donors (Lipinski definition) is 1. The quantitative estimate of drug-likeness (QED) is 0.360. The second-order valence-electron chi connectivity index (χ2n) is 9.32. The predicted octanol–water partition coefficient (Wildman–Crippen LogP) is 4.53. The molecule has 1 fully saturated rings. The van der Waals surface area contributed by atoms with E-state index in [9.17, 15) is 4.39 Å². The van der Waals surface area contributed by atoms with Gasteiger partial charge >= 0.3 is 0 Å². The van der Waals surface area contributed by atoms with Crippen LogP contribution in [-0.4, -0.2) is 57.9 Å². The summed E-state index contributed by atoms with van der Waals surface area (Å²) in [5, 5.41) is 5.39. The Morgan fingerprint density at radius 1 is 0.868 bits per heavy atom. The smallest absolute Gasteiger partial charge is 0.228 e. The first-order valence-corrected chi connectivity index (χ1v) is 12.6. The van der Waals surface area contributed by atoms with E-state index in [2.05, 4.69) is 34.1 Å². The molecule has 9 heteroatoms. The first-order valence-electron chi connectivity index (χ1n) is 12.6. The van der Waals surface area contributed by atoms with Crippen molar-refractivity contribution in [3.63, 3.8) is 0 Å². The third-order valence-corrected chi connectivity index (χ3v) is 6.90. The highest BCUT2D eigenvalue weighted by molar-refractivity contribution is 5.99. The molecule has 1 aliphatic heterocycles. The van der Waals surface area contributed by atoms with Crippen molar-refractivity contribution in [2.75, 3.05) is 43.9 Å². The molecule has 0 unspecified atom stereocenters. The maximum absolute atomic E-state index is 13.7. The van der Waals surface area contributed by atoms with Crippen molar-refractivity contribution in [3.05, 3.63) is 90.2 Å². The average molecular weight is 510 g/mol. The van der Waals surface area contributed by atoms with E-state index in [-0.39, 0.29) is 5.82 Å². The van der Waals surface area contributed by atoms with Gasteiger partial charge in [-0.05, 0) is 54.1 Å². The molecule has 0 atom stereocenters. The lowest BCUT2D eigenvalue weighted by Gasteiger charge is -2.34. The minimum absolute atomic E-state index is 0.310. The predicted molar refractivity (Wildman–Crippen MR) is 147 cm³/mol. The number of nitrogens with two attached hydrogens (primary N) is 1. The van der Waals surface area contributed by atoms with Crippen LogP contribution in [0.3, 0.4) is 0 Å². The van der Waals surface area contributed by atoms with Crippen LogP contribution in [0, 0.1) is 5.82 Å². The lowest BCUT2D eigenvalue weighted by Crippen LogP contribution is -2.46. The second kappa shape index (κ2) is 10.1. The number of fused-ring (bicyclic) bond motifs is 1. The molecular weight excluding hydrogens is 481 g/mol. The van der Waals surface area contributed by atoms with Crippen molar-refractivity contribution in [1.82, 2.24) is 24.6 Å². The summed E-state index contributed by atoms with van der Waals surface area (Å²) in [4.78, 5) is 14.4. The number of methoxy groups -OCH3 is 1. The van der Waals surface area contributed by atoms with E-state index in [1.54, 1.807) is 23.9 Å². The van der Waals surface area contributed by atoms with Gasteiger partial charge in [0.15, 0.2) is 5.65 Å². The summed E-state index contributed by atoms with van der Waals surface area (Å²) in [7, 11) is 1.62. The van der Waals surface area contributed by atoms with Crippen LogP contribution in [0.15, 0.2) is 78.9 Å². The molecule has 38 heavy (non-hydrogen) atoms. The number of piperazine rings is 1. The molecule has 0 aliphatic carbocycles. The van der Waals surface area contributed by atoms with Crippen molar-refractivity contribution in [3.8, 4) is 22.7 Å². The molecule has 0 radical (unpaired) electrons. The molecule has 2 N–H and O–H groups in total. The number of benzene rings is 3. The highest BCUT2D eigenvalue weighted by Crippen LogP contribution is 2.34. The van der Waals surface area contributed by atoms with Gasteiger partial charge < -0.3 is 15.4 Å². The molecule has 6 rings (SSSR count). The molecule has 1 saturated heterocycles. The van der Waals surface area contributed by atoms with Crippen LogP contribution in [0.5, 0.6) is 5.75 Å². The van der Waals surface area contributed by atoms with Crippen LogP contribution in [0.25, 0.3) is 28.0 Å². The molecule has 0 saturated carbocycles. The van der Waals surface area contributed by atoms with E-state index in [0.29, 0.717) is 28.5 Å². The summed E-state index contributed by atoms with van der Waals surface area (Å²) in [5.41, 5.74) is 10.6. The summed E-state index contributed by atoms with van der Waals surface area (Å²) in [6.45, 7) is 4.28. The van der Waals surface area contributed by atoms with Gasteiger partial charge in [-0.15, -0.1) is 5.10 Å². The number of rotatable bonds is 6. The first-order chi connectivity index (χ1) is 18.6. The van der Waals surface area contributed by atoms with Gasteiger partial charge in [-0.2, -0.15) is 4.98 Å². The van der Waals surface area contributed by atoms with Crippen LogP contribution in [0.2, 0.25) is 0 Å². The van der Waals surface area contributed by atoms with E-state index in [1.165, 1.54) is 17.7 Å². The summed E-state index contributed by atoms with van der Waals surface area (Å²) in [5.74, 6) is 1.44. The number of nitrogen functional groups attached to an aromatic ring is 1. The SMILES string of the molecule is COc1ccc(-n2nc3nc(N4CCN(Cc5ccccc5)CC4)nc(-c4ccc(F)cc4)c3c2N)cc1. The van der Waals surface area contributed by atoms with Crippen LogP contribution in [0.4, 0.5) is 16.2 Å². The van der Waals surface area contributed by atoms with Crippen LogP contribution in [0.1, 0.15) is 5.56 Å².